The predicted octanol–water partition coefficient (Wildman–Crippen LogP) is 6.51. The molecule has 1 unspecified atom stereocenters. The van der Waals surface area contributed by atoms with E-state index < -0.39 is 8.07 Å². The number of benzene rings is 2. The van der Waals surface area contributed by atoms with E-state index in [1.54, 1.807) is 7.11 Å². The molecule has 5 heteroatoms. The Morgan fingerprint density at radius 1 is 1.06 bits per heavy atom. The van der Waals surface area contributed by atoms with Crippen molar-refractivity contribution >= 4 is 19.5 Å². The quantitative estimate of drug-likeness (QED) is 0.222. The third kappa shape index (κ3) is 8.14. The molecule has 0 aliphatic carbocycles. The first-order valence-corrected chi connectivity index (χ1v) is 13.7. The molecule has 0 radical (unpaired) electrons. The maximum Gasteiger partial charge on any atom is 0.142 e. The summed E-state index contributed by atoms with van der Waals surface area (Å²) in [5.41, 5.74) is 6.65. The normalized spacial score (nSPS) is 13.1. The summed E-state index contributed by atoms with van der Waals surface area (Å²) < 4.78 is 5.26. The number of nitrogens with one attached hydrogen (secondary N) is 1. The summed E-state index contributed by atoms with van der Waals surface area (Å²) in [6.45, 7) is 14.0. The van der Waals surface area contributed by atoms with Crippen molar-refractivity contribution in [1.29, 1.82) is 0 Å². The van der Waals surface area contributed by atoms with Crippen molar-refractivity contribution < 1.29 is 9.57 Å². The highest BCUT2D eigenvalue weighted by molar-refractivity contribution is 6.87. The molecule has 0 heterocycles. The summed E-state index contributed by atoms with van der Waals surface area (Å²) in [6.07, 6.45) is 0.683. The second-order valence-corrected chi connectivity index (χ2v) is 14.4. The number of hydrogen-bond donors (Lipinski definition) is 1. The van der Waals surface area contributed by atoms with Crippen molar-refractivity contribution in [1.82, 2.24) is 0 Å². The lowest BCUT2D eigenvalue weighted by atomic mass is 10.1. The largest absolute Gasteiger partial charge is 0.497 e. The van der Waals surface area contributed by atoms with E-state index in [1.807, 2.05) is 61.5 Å². The molecule has 0 aliphatic heterocycles. The Labute approximate surface area is 189 Å². The molecule has 0 aromatic heterocycles. The number of nitrogens with zero attached hydrogens (tertiary/aromatic N) is 1. The topological polar surface area (TPSA) is 42.8 Å². The van der Waals surface area contributed by atoms with Crippen LogP contribution < -0.4 is 10.1 Å². The first-order valence-electron chi connectivity index (χ1n) is 10.7. The van der Waals surface area contributed by atoms with Crippen LogP contribution in [0.25, 0.3) is 0 Å². The maximum absolute atomic E-state index is 5.57. The van der Waals surface area contributed by atoms with Crippen molar-refractivity contribution in [2.24, 2.45) is 5.16 Å². The third-order valence-corrected chi connectivity index (χ3v) is 10.2. The number of oxime groups is 1. The average Bonchev–Trinajstić information content (AvgIpc) is 2.72. The maximum atomic E-state index is 5.57. The van der Waals surface area contributed by atoms with Gasteiger partial charge in [-0.3, -0.25) is 0 Å². The van der Waals surface area contributed by atoms with Gasteiger partial charge in [0.25, 0.3) is 0 Å². The molecular formula is C26H36N2O2Si. The number of ether oxygens (including phenoxy) is 1. The number of hydrogen-bond acceptors (Lipinski definition) is 4. The first-order chi connectivity index (χ1) is 14.6. The fourth-order valence-electron chi connectivity index (χ4n) is 2.61. The number of methoxy groups -OCH3 is 1. The Balaban J connectivity index is 2.13. The third-order valence-electron chi connectivity index (χ3n) is 5.66. The van der Waals surface area contributed by atoms with Crippen molar-refractivity contribution in [3.8, 4) is 17.2 Å². The SMILES string of the molecule is COc1ccc(NC(C#C[Si](C)(C)C(C)(C)C)C/C(C)=N/OCc2ccccc2)cc1. The zero-order valence-corrected chi connectivity index (χ0v) is 21.0. The van der Waals surface area contributed by atoms with Gasteiger partial charge >= 0.3 is 0 Å². The Morgan fingerprint density at radius 3 is 2.29 bits per heavy atom. The van der Waals surface area contributed by atoms with Gasteiger partial charge in [-0.1, -0.05) is 75.3 Å². The van der Waals surface area contributed by atoms with Crippen molar-refractivity contribution in [2.75, 3.05) is 12.4 Å². The van der Waals surface area contributed by atoms with Crippen LogP contribution in [-0.2, 0) is 11.4 Å². The van der Waals surface area contributed by atoms with Gasteiger partial charge in [-0.05, 0) is 41.8 Å². The second kappa shape index (κ2) is 11.1. The summed E-state index contributed by atoms with van der Waals surface area (Å²) in [5.74, 6) is 4.35. The van der Waals surface area contributed by atoms with Gasteiger partial charge in [0, 0.05) is 12.1 Å². The van der Waals surface area contributed by atoms with Crippen LogP contribution in [0.3, 0.4) is 0 Å². The smallest absolute Gasteiger partial charge is 0.142 e. The lowest BCUT2D eigenvalue weighted by Gasteiger charge is -2.31. The van der Waals surface area contributed by atoms with Crippen molar-refractivity contribution in [3.63, 3.8) is 0 Å². The summed E-state index contributed by atoms with van der Waals surface area (Å²) in [7, 11) is -0.0406. The molecule has 0 saturated carbocycles. The molecule has 0 amide bonds. The van der Waals surface area contributed by atoms with Crippen LogP contribution in [0.4, 0.5) is 5.69 Å². The second-order valence-electron chi connectivity index (χ2n) is 9.36. The highest BCUT2D eigenvalue weighted by Gasteiger charge is 2.33. The van der Waals surface area contributed by atoms with Gasteiger partial charge in [-0.25, -0.2) is 0 Å². The molecule has 0 aliphatic rings. The fourth-order valence-corrected chi connectivity index (χ4v) is 3.52. The van der Waals surface area contributed by atoms with Gasteiger partial charge in [0.1, 0.15) is 20.4 Å². The predicted molar refractivity (Wildman–Crippen MR) is 134 cm³/mol. The summed E-state index contributed by atoms with van der Waals surface area (Å²) in [5, 5.41) is 8.09. The lowest BCUT2D eigenvalue weighted by molar-refractivity contribution is 0.129. The van der Waals surface area contributed by atoms with E-state index in [4.69, 9.17) is 9.57 Å². The Bertz CT molecular complexity index is 904. The molecule has 2 aromatic rings. The summed E-state index contributed by atoms with van der Waals surface area (Å²) in [6, 6.07) is 17.9. The monoisotopic (exact) mass is 436 g/mol. The van der Waals surface area contributed by atoms with E-state index >= 15 is 0 Å². The molecule has 0 spiro atoms. The molecule has 0 bridgehead atoms. The van der Waals surface area contributed by atoms with E-state index in [1.165, 1.54) is 0 Å². The molecule has 31 heavy (non-hydrogen) atoms. The lowest BCUT2D eigenvalue weighted by Crippen LogP contribution is -2.36. The van der Waals surface area contributed by atoms with Crippen LogP contribution >= 0.6 is 0 Å². The minimum Gasteiger partial charge on any atom is -0.497 e. The average molecular weight is 437 g/mol. The summed E-state index contributed by atoms with van der Waals surface area (Å²) >= 11 is 0. The van der Waals surface area contributed by atoms with E-state index in [2.05, 4.69) is 55.8 Å². The Hall–Kier alpha value is -2.71. The number of rotatable bonds is 8. The minimum atomic E-state index is -1.71. The van der Waals surface area contributed by atoms with Gasteiger partial charge in [0.2, 0.25) is 0 Å². The van der Waals surface area contributed by atoms with Crippen LogP contribution in [0.5, 0.6) is 5.75 Å². The molecule has 2 aromatic carbocycles. The first kappa shape index (κ1) is 24.6. The number of anilines is 1. The van der Waals surface area contributed by atoms with Crippen LogP contribution in [0, 0.1) is 11.5 Å². The van der Waals surface area contributed by atoms with E-state index in [-0.39, 0.29) is 11.1 Å². The standard InChI is InChI=1S/C26H36N2O2Si/c1-21(28-30-20-22-11-9-8-10-12-22)19-24(17-18-31(6,7)26(2,3)4)27-23-13-15-25(29-5)16-14-23/h8-16,24,27H,19-20H2,1-7H3/b28-21+. The van der Waals surface area contributed by atoms with Crippen molar-refractivity contribution in [2.45, 2.75) is 64.9 Å². The van der Waals surface area contributed by atoms with Gasteiger partial charge < -0.3 is 14.9 Å². The van der Waals surface area contributed by atoms with E-state index in [0.29, 0.717) is 13.0 Å². The van der Waals surface area contributed by atoms with Crippen LogP contribution in [-0.4, -0.2) is 26.9 Å². The van der Waals surface area contributed by atoms with Crippen LogP contribution in [0.15, 0.2) is 59.8 Å². The van der Waals surface area contributed by atoms with Gasteiger partial charge in [-0.2, -0.15) is 0 Å². The van der Waals surface area contributed by atoms with Gasteiger partial charge in [0.15, 0.2) is 0 Å². The summed E-state index contributed by atoms with van der Waals surface area (Å²) in [4.78, 5) is 5.57. The van der Waals surface area contributed by atoms with Crippen molar-refractivity contribution in [3.05, 3.63) is 60.2 Å². The molecule has 4 nitrogen and oxygen atoms in total. The fraction of sp³-hybridized carbons (Fsp3) is 0.423. The molecule has 0 fully saturated rings. The molecule has 1 atom stereocenters. The molecule has 0 saturated heterocycles. The zero-order valence-electron chi connectivity index (χ0n) is 20.0. The highest BCUT2D eigenvalue weighted by atomic mass is 28.3. The van der Waals surface area contributed by atoms with Crippen LogP contribution in [0.1, 0.15) is 39.7 Å². The zero-order chi connectivity index (χ0) is 22.9. The van der Waals surface area contributed by atoms with E-state index in [9.17, 15) is 0 Å². The Kier molecular flexibility index (Phi) is 8.76. The minimum absolute atomic E-state index is 0.0494. The Morgan fingerprint density at radius 2 is 1.71 bits per heavy atom. The van der Waals surface area contributed by atoms with Crippen LogP contribution in [0.2, 0.25) is 18.1 Å². The molecule has 1 N–H and O–H groups in total. The van der Waals surface area contributed by atoms with Gasteiger partial charge in [0.05, 0.1) is 18.9 Å². The van der Waals surface area contributed by atoms with E-state index in [0.717, 1.165) is 22.7 Å². The highest BCUT2D eigenvalue weighted by Crippen LogP contribution is 2.35. The molecule has 2 rings (SSSR count). The van der Waals surface area contributed by atoms with Gasteiger partial charge in [-0.15, -0.1) is 5.54 Å². The molecule has 166 valence electrons. The molecular weight excluding hydrogens is 400 g/mol.